The van der Waals surface area contributed by atoms with Gasteiger partial charge in [-0.1, -0.05) is 42.8 Å². The first-order valence-electron chi connectivity index (χ1n) is 10.4. The number of carbonyl (C=O) groups is 2. The summed E-state index contributed by atoms with van der Waals surface area (Å²) in [5.41, 5.74) is 4.56. The summed E-state index contributed by atoms with van der Waals surface area (Å²) in [5.74, 6) is -0.182. The number of aldehydes is 1. The molecule has 0 unspecified atom stereocenters. The molecule has 30 heavy (non-hydrogen) atoms. The van der Waals surface area contributed by atoms with E-state index in [0.717, 1.165) is 44.3 Å². The molecule has 0 heterocycles. The van der Waals surface area contributed by atoms with E-state index in [2.05, 4.69) is 36.6 Å². The number of hydrogen-bond donors (Lipinski definition) is 2. The van der Waals surface area contributed by atoms with Crippen molar-refractivity contribution in [2.45, 2.75) is 40.0 Å². The normalized spacial score (nSPS) is 12.5. The van der Waals surface area contributed by atoms with E-state index < -0.39 is 0 Å². The molecule has 0 saturated carbocycles. The lowest BCUT2D eigenvalue weighted by atomic mass is 9.97. The van der Waals surface area contributed by atoms with Crippen molar-refractivity contribution >= 4 is 12.2 Å². The zero-order valence-electron chi connectivity index (χ0n) is 19.4. The summed E-state index contributed by atoms with van der Waals surface area (Å²) in [4.78, 5) is 23.0. The molecule has 2 N–H and O–H groups in total. The molecule has 0 bridgehead atoms. The molecule has 0 aliphatic rings. The van der Waals surface area contributed by atoms with Crippen molar-refractivity contribution in [2.24, 2.45) is 0 Å². The van der Waals surface area contributed by atoms with E-state index in [1.54, 1.807) is 27.2 Å². The van der Waals surface area contributed by atoms with Gasteiger partial charge in [0.2, 0.25) is 5.91 Å². The molecule has 0 radical (unpaired) electrons. The topological polar surface area (TPSA) is 67.4 Å². The van der Waals surface area contributed by atoms with Crippen LogP contribution in [-0.4, -0.2) is 46.6 Å². The fourth-order valence-electron chi connectivity index (χ4n) is 2.58. The van der Waals surface area contributed by atoms with Crippen molar-refractivity contribution in [3.63, 3.8) is 0 Å². The maximum atomic E-state index is 11.6. The first-order valence-corrected chi connectivity index (χ1v) is 10.4. The number of benzene rings is 1. The molecule has 0 aliphatic heterocycles. The van der Waals surface area contributed by atoms with E-state index >= 15 is 0 Å². The van der Waals surface area contributed by atoms with Gasteiger partial charge in [0.05, 0.1) is 0 Å². The lowest BCUT2D eigenvalue weighted by Crippen LogP contribution is -2.18. The third kappa shape index (κ3) is 12.1. The van der Waals surface area contributed by atoms with Crippen molar-refractivity contribution in [1.82, 2.24) is 10.6 Å². The molecule has 0 spiro atoms. The SMILES string of the molecule is CC/C(C)=C(/C=C(C=O)\C=C(/C)C(=O)NC)Cc1ccccc1.CNCCCOC. The number of rotatable bonds is 11. The average molecular weight is 415 g/mol. The van der Waals surface area contributed by atoms with Gasteiger partial charge in [-0.05, 0) is 70.0 Å². The Labute approximate surface area is 182 Å². The van der Waals surface area contributed by atoms with Crippen LogP contribution in [0.2, 0.25) is 0 Å². The molecule has 1 aromatic rings. The highest BCUT2D eigenvalue weighted by Gasteiger charge is 2.05. The molecule has 1 aromatic carbocycles. The fraction of sp³-hybridized carbons (Fsp3) is 0.440. The minimum atomic E-state index is -0.182. The Hall–Kier alpha value is -2.50. The number of methoxy groups -OCH3 is 1. The molecule has 0 fully saturated rings. The second-order valence-corrected chi connectivity index (χ2v) is 6.94. The van der Waals surface area contributed by atoms with Crippen LogP contribution < -0.4 is 10.6 Å². The average Bonchev–Trinajstić information content (AvgIpc) is 2.78. The third-order valence-electron chi connectivity index (χ3n) is 4.54. The number of nitrogens with one attached hydrogen (secondary N) is 2. The van der Waals surface area contributed by atoms with Crippen LogP contribution in [0.4, 0.5) is 0 Å². The molecular weight excluding hydrogens is 376 g/mol. The van der Waals surface area contributed by atoms with Crippen LogP contribution >= 0.6 is 0 Å². The first-order chi connectivity index (χ1) is 14.4. The number of hydrogen-bond acceptors (Lipinski definition) is 4. The van der Waals surface area contributed by atoms with Crippen LogP contribution in [0.25, 0.3) is 0 Å². The number of ether oxygens (including phenoxy) is 1. The van der Waals surface area contributed by atoms with Gasteiger partial charge in [0, 0.05) is 31.9 Å². The fourth-order valence-corrected chi connectivity index (χ4v) is 2.58. The molecule has 0 aromatic heterocycles. The second-order valence-electron chi connectivity index (χ2n) is 6.94. The van der Waals surface area contributed by atoms with Crippen molar-refractivity contribution in [3.05, 3.63) is 70.3 Å². The Kier molecular flexibility index (Phi) is 15.9. The standard InChI is InChI=1S/C20H25NO2.C5H13NO/c1-5-15(2)19(12-17-9-7-6-8-10-17)13-18(14-22)11-16(3)20(23)21-4;1-6-4-3-5-7-2/h6-11,13-14H,5,12H2,1-4H3,(H,21,23);6H,3-5H2,1-2H3/b16-11+,18-13+,19-15+;. The number of carbonyl (C=O) groups excluding carboxylic acids is 2. The third-order valence-corrected chi connectivity index (χ3v) is 4.54. The number of allylic oxidation sites excluding steroid dienone is 5. The van der Waals surface area contributed by atoms with E-state index in [9.17, 15) is 9.59 Å². The maximum absolute atomic E-state index is 11.6. The van der Waals surface area contributed by atoms with Gasteiger partial charge in [0.1, 0.15) is 6.29 Å². The van der Waals surface area contributed by atoms with Crippen molar-refractivity contribution in [3.8, 4) is 0 Å². The van der Waals surface area contributed by atoms with Crippen LogP contribution in [-0.2, 0) is 20.7 Å². The minimum Gasteiger partial charge on any atom is -0.385 e. The van der Waals surface area contributed by atoms with E-state index in [1.807, 2.05) is 31.3 Å². The first kappa shape index (κ1) is 27.5. The van der Waals surface area contributed by atoms with Gasteiger partial charge in [0.15, 0.2) is 0 Å². The van der Waals surface area contributed by atoms with Crippen LogP contribution in [0.1, 0.15) is 39.2 Å². The van der Waals surface area contributed by atoms with E-state index in [1.165, 1.54) is 11.1 Å². The highest BCUT2D eigenvalue weighted by atomic mass is 16.5. The van der Waals surface area contributed by atoms with Gasteiger partial charge >= 0.3 is 0 Å². The van der Waals surface area contributed by atoms with Crippen molar-refractivity contribution < 1.29 is 14.3 Å². The molecule has 0 aliphatic carbocycles. The van der Waals surface area contributed by atoms with Crippen LogP contribution in [0.5, 0.6) is 0 Å². The summed E-state index contributed by atoms with van der Waals surface area (Å²) in [6.07, 6.45) is 7.09. The second kappa shape index (κ2) is 17.4. The summed E-state index contributed by atoms with van der Waals surface area (Å²) in [6, 6.07) is 10.1. The quantitative estimate of drug-likeness (QED) is 0.248. The lowest BCUT2D eigenvalue weighted by Gasteiger charge is -2.09. The van der Waals surface area contributed by atoms with Crippen LogP contribution in [0.3, 0.4) is 0 Å². The largest absolute Gasteiger partial charge is 0.385 e. The Morgan fingerprint density at radius 2 is 1.77 bits per heavy atom. The summed E-state index contributed by atoms with van der Waals surface area (Å²) >= 11 is 0. The molecule has 1 rings (SSSR count). The van der Waals surface area contributed by atoms with Gasteiger partial charge < -0.3 is 15.4 Å². The highest BCUT2D eigenvalue weighted by molar-refractivity contribution is 5.95. The molecular formula is C25H38N2O3. The highest BCUT2D eigenvalue weighted by Crippen LogP contribution is 2.18. The Morgan fingerprint density at radius 1 is 1.10 bits per heavy atom. The van der Waals surface area contributed by atoms with Crippen molar-refractivity contribution in [2.75, 3.05) is 34.4 Å². The van der Waals surface area contributed by atoms with Gasteiger partial charge in [0.25, 0.3) is 0 Å². The zero-order valence-corrected chi connectivity index (χ0v) is 19.4. The number of amides is 1. The molecule has 0 saturated heterocycles. The molecule has 5 nitrogen and oxygen atoms in total. The van der Waals surface area contributed by atoms with E-state index in [-0.39, 0.29) is 5.91 Å². The van der Waals surface area contributed by atoms with Gasteiger partial charge in [-0.25, -0.2) is 0 Å². The van der Waals surface area contributed by atoms with Crippen LogP contribution in [0, 0.1) is 0 Å². The Morgan fingerprint density at radius 3 is 2.27 bits per heavy atom. The Balaban J connectivity index is 0.00000103. The minimum absolute atomic E-state index is 0.182. The summed E-state index contributed by atoms with van der Waals surface area (Å²) < 4.78 is 4.80. The summed E-state index contributed by atoms with van der Waals surface area (Å²) in [7, 11) is 5.23. The number of likely N-dealkylation sites (N-methyl/N-ethyl adjacent to an activating group) is 1. The van der Waals surface area contributed by atoms with E-state index in [0.29, 0.717) is 11.1 Å². The Bertz CT molecular complexity index is 715. The summed E-state index contributed by atoms with van der Waals surface area (Å²) in [6.45, 7) is 7.78. The van der Waals surface area contributed by atoms with Gasteiger partial charge in [-0.3, -0.25) is 9.59 Å². The molecule has 166 valence electrons. The lowest BCUT2D eigenvalue weighted by molar-refractivity contribution is -0.117. The molecule has 5 heteroatoms. The molecule has 1 amide bonds. The van der Waals surface area contributed by atoms with Crippen molar-refractivity contribution in [1.29, 1.82) is 0 Å². The maximum Gasteiger partial charge on any atom is 0.246 e. The van der Waals surface area contributed by atoms with Crippen LogP contribution in [0.15, 0.2) is 64.8 Å². The summed E-state index contributed by atoms with van der Waals surface area (Å²) in [5, 5.41) is 5.58. The molecule has 0 atom stereocenters. The van der Waals surface area contributed by atoms with Gasteiger partial charge in [-0.15, -0.1) is 0 Å². The predicted octanol–water partition coefficient (Wildman–Crippen LogP) is 4.02. The van der Waals surface area contributed by atoms with Gasteiger partial charge in [-0.2, -0.15) is 0 Å². The van der Waals surface area contributed by atoms with E-state index in [4.69, 9.17) is 4.74 Å². The zero-order chi connectivity index (χ0) is 22.8. The smallest absolute Gasteiger partial charge is 0.246 e. The monoisotopic (exact) mass is 414 g/mol. The predicted molar refractivity (Wildman–Crippen MR) is 126 cm³/mol.